The number of benzene rings is 3. The Morgan fingerprint density at radius 1 is 0.946 bits per heavy atom. The fraction of sp³-hybridized carbons (Fsp3) is 0.333. The summed E-state index contributed by atoms with van der Waals surface area (Å²) in [4.78, 5) is 15.0. The molecule has 1 N–H and O–H groups in total. The average molecular weight is 522 g/mol. The smallest absolute Gasteiger partial charge is 0.274 e. The molecule has 0 saturated carbocycles. The van der Waals surface area contributed by atoms with Crippen molar-refractivity contribution < 1.29 is 26.4 Å². The van der Waals surface area contributed by atoms with Crippen molar-refractivity contribution in [3.05, 3.63) is 106 Å². The van der Waals surface area contributed by atoms with Crippen LogP contribution in [-0.2, 0) is 12.8 Å². The summed E-state index contributed by atoms with van der Waals surface area (Å²) in [6, 6.07) is 22.7. The predicted octanol–water partition coefficient (Wildman–Crippen LogP) is 0.992. The fourth-order valence-corrected chi connectivity index (χ4v) is 5.29. The predicted molar refractivity (Wildman–Crippen MR) is 140 cm³/mol. The number of aryl methyl sites for hydroxylation is 1. The SMILES string of the molecule is COc1ccc(CCC[NH+]2CCC(n3nc(Cc4ccc(F)cc4)c4ccccc4c3=O)CC2)cc1.[Cl-]. The molecule has 0 radical (unpaired) electrons. The van der Waals surface area contributed by atoms with Gasteiger partial charge in [0.05, 0.1) is 43.9 Å². The highest BCUT2D eigenvalue weighted by Crippen LogP contribution is 2.21. The summed E-state index contributed by atoms with van der Waals surface area (Å²) in [6.07, 6.45) is 4.66. The molecule has 1 fully saturated rings. The van der Waals surface area contributed by atoms with Crippen LogP contribution in [0.4, 0.5) is 4.39 Å². The van der Waals surface area contributed by atoms with Crippen LogP contribution in [0.3, 0.4) is 0 Å². The highest BCUT2D eigenvalue weighted by molar-refractivity contribution is 5.83. The normalized spacial score (nSPS) is 17.4. The van der Waals surface area contributed by atoms with Crippen LogP contribution in [0.25, 0.3) is 10.8 Å². The number of fused-ring (bicyclic) bond motifs is 1. The molecule has 0 amide bonds. The zero-order chi connectivity index (χ0) is 24.9. The highest BCUT2D eigenvalue weighted by atomic mass is 35.5. The van der Waals surface area contributed by atoms with Gasteiger partial charge in [0.1, 0.15) is 11.6 Å². The maximum absolute atomic E-state index is 13.4. The van der Waals surface area contributed by atoms with Gasteiger partial charge in [-0.15, -0.1) is 0 Å². The van der Waals surface area contributed by atoms with Crippen molar-refractivity contribution in [1.82, 2.24) is 9.78 Å². The first-order valence-corrected chi connectivity index (χ1v) is 12.8. The Labute approximate surface area is 223 Å². The van der Waals surface area contributed by atoms with E-state index in [1.165, 1.54) is 17.7 Å². The number of methoxy groups -OCH3 is 1. The molecule has 1 aliphatic rings. The zero-order valence-corrected chi connectivity index (χ0v) is 21.9. The number of quaternary nitrogens is 1. The van der Waals surface area contributed by atoms with Gasteiger partial charge in [-0.25, -0.2) is 9.07 Å². The summed E-state index contributed by atoms with van der Waals surface area (Å²) >= 11 is 0. The molecule has 4 aromatic rings. The van der Waals surface area contributed by atoms with E-state index < -0.39 is 0 Å². The van der Waals surface area contributed by atoms with Gasteiger partial charge in [0.15, 0.2) is 0 Å². The zero-order valence-electron chi connectivity index (χ0n) is 21.1. The van der Waals surface area contributed by atoms with Gasteiger partial charge >= 0.3 is 0 Å². The van der Waals surface area contributed by atoms with Gasteiger partial charge in [0.25, 0.3) is 5.56 Å². The van der Waals surface area contributed by atoms with E-state index in [9.17, 15) is 9.18 Å². The first-order chi connectivity index (χ1) is 17.6. The molecule has 7 heteroatoms. The number of nitrogens with one attached hydrogen (secondary N) is 1. The number of hydrogen-bond donors (Lipinski definition) is 1. The molecule has 5 rings (SSSR count). The number of ether oxygens (including phenoxy) is 1. The molecular formula is C30H33ClFN3O2. The Hall–Kier alpha value is -3.22. The Morgan fingerprint density at radius 2 is 1.59 bits per heavy atom. The number of nitrogens with zero attached hydrogens (tertiary/aromatic N) is 2. The van der Waals surface area contributed by atoms with Crippen molar-refractivity contribution in [2.24, 2.45) is 0 Å². The van der Waals surface area contributed by atoms with Gasteiger partial charge in [0, 0.05) is 31.1 Å². The Kier molecular flexibility index (Phi) is 8.95. The minimum Gasteiger partial charge on any atom is -1.00 e. The van der Waals surface area contributed by atoms with Gasteiger partial charge in [-0.3, -0.25) is 4.79 Å². The van der Waals surface area contributed by atoms with Crippen molar-refractivity contribution in [3.63, 3.8) is 0 Å². The van der Waals surface area contributed by atoms with E-state index in [0.717, 1.165) is 67.7 Å². The van der Waals surface area contributed by atoms with Crippen LogP contribution in [0.5, 0.6) is 5.75 Å². The third-order valence-electron chi connectivity index (χ3n) is 7.35. The average Bonchev–Trinajstić information content (AvgIpc) is 2.92. The van der Waals surface area contributed by atoms with Crippen LogP contribution in [0.2, 0.25) is 0 Å². The number of aromatic nitrogens is 2. The van der Waals surface area contributed by atoms with E-state index in [2.05, 4.69) is 12.1 Å². The second-order valence-electron chi connectivity index (χ2n) is 9.73. The van der Waals surface area contributed by atoms with E-state index in [0.29, 0.717) is 11.8 Å². The second kappa shape index (κ2) is 12.3. The minimum atomic E-state index is -0.250. The number of piperidine rings is 1. The number of rotatable bonds is 8. The van der Waals surface area contributed by atoms with Crippen molar-refractivity contribution in [3.8, 4) is 5.75 Å². The minimum absolute atomic E-state index is 0. The van der Waals surface area contributed by atoms with Crippen LogP contribution >= 0.6 is 0 Å². The standard InChI is InChI=1S/C30H32FN3O2.ClH/c1-36-26-14-10-22(11-15-26)5-4-18-33-19-16-25(17-20-33)34-30(35)28-7-3-2-6-27(28)29(32-34)21-23-8-12-24(31)13-9-23;/h2-3,6-15,25H,4-5,16-21H2,1H3;1H. The number of likely N-dealkylation sites (tertiary alicyclic amines) is 1. The molecule has 0 unspecified atom stereocenters. The molecule has 1 aliphatic heterocycles. The molecule has 0 spiro atoms. The molecule has 1 saturated heterocycles. The van der Waals surface area contributed by atoms with Crippen LogP contribution in [0.15, 0.2) is 77.6 Å². The van der Waals surface area contributed by atoms with E-state index in [-0.39, 0.29) is 29.8 Å². The van der Waals surface area contributed by atoms with E-state index in [4.69, 9.17) is 9.84 Å². The summed E-state index contributed by atoms with van der Waals surface area (Å²) in [5.74, 6) is 0.643. The van der Waals surface area contributed by atoms with Crippen LogP contribution in [0, 0.1) is 5.82 Å². The molecule has 194 valence electrons. The summed E-state index contributed by atoms with van der Waals surface area (Å²) in [5, 5.41) is 6.46. The van der Waals surface area contributed by atoms with Gasteiger partial charge in [-0.1, -0.05) is 42.5 Å². The number of halogens is 2. The Balaban J connectivity index is 0.00000320. The number of hydrogen-bond acceptors (Lipinski definition) is 3. The largest absolute Gasteiger partial charge is 1.00 e. The molecule has 5 nitrogen and oxygen atoms in total. The molecule has 0 atom stereocenters. The Morgan fingerprint density at radius 3 is 2.27 bits per heavy atom. The van der Waals surface area contributed by atoms with Crippen molar-refractivity contribution in [2.45, 2.75) is 38.1 Å². The maximum Gasteiger partial charge on any atom is 0.274 e. The lowest BCUT2D eigenvalue weighted by Crippen LogP contribution is -3.13. The van der Waals surface area contributed by atoms with Gasteiger partial charge < -0.3 is 22.0 Å². The molecule has 0 aliphatic carbocycles. The topological polar surface area (TPSA) is 48.6 Å². The van der Waals surface area contributed by atoms with Gasteiger partial charge in [-0.2, -0.15) is 5.10 Å². The molecule has 0 bridgehead atoms. The third-order valence-corrected chi connectivity index (χ3v) is 7.35. The summed E-state index contributed by atoms with van der Waals surface area (Å²) < 4.78 is 20.4. The molecule has 1 aromatic heterocycles. The van der Waals surface area contributed by atoms with E-state index in [1.807, 2.05) is 36.4 Å². The first kappa shape index (κ1) is 26.8. The van der Waals surface area contributed by atoms with Crippen LogP contribution in [-0.4, -0.2) is 36.5 Å². The quantitative estimate of drug-likeness (QED) is 0.376. The van der Waals surface area contributed by atoms with Gasteiger partial charge in [0.2, 0.25) is 0 Å². The third kappa shape index (κ3) is 6.38. The summed E-state index contributed by atoms with van der Waals surface area (Å²) in [6.45, 7) is 3.22. The van der Waals surface area contributed by atoms with E-state index >= 15 is 0 Å². The second-order valence-corrected chi connectivity index (χ2v) is 9.73. The summed E-state index contributed by atoms with van der Waals surface area (Å²) in [7, 11) is 1.69. The van der Waals surface area contributed by atoms with Crippen molar-refractivity contribution in [2.75, 3.05) is 26.7 Å². The monoisotopic (exact) mass is 521 g/mol. The van der Waals surface area contributed by atoms with Crippen molar-refractivity contribution >= 4 is 10.8 Å². The first-order valence-electron chi connectivity index (χ1n) is 12.8. The van der Waals surface area contributed by atoms with E-state index in [1.54, 1.807) is 28.8 Å². The molecule has 37 heavy (non-hydrogen) atoms. The highest BCUT2D eigenvalue weighted by Gasteiger charge is 2.26. The lowest BCUT2D eigenvalue weighted by atomic mass is 10.0. The molecule has 3 aromatic carbocycles. The fourth-order valence-electron chi connectivity index (χ4n) is 5.29. The van der Waals surface area contributed by atoms with Gasteiger partial charge in [-0.05, 0) is 47.9 Å². The summed E-state index contributed by atoms with van der Waals surface area (Å²) in [5.41, 5.74) is 3.17. The Bertz CT molecular complexity index is 1360. The maximum atomic E-state index is 13.4. The lowest BCUT2D eigenvalue weighted by molar-refractivity contribution is -0.906. The lowest BCUT2D eigenvalue weighted by Gasteiger charge is -2.30. The van der Waals surface area contributed by atoms with Crippen molar-refractivity contribution in [1.29, 1.82) is 0 Å². The van der Waals surface area contributed by atoms with Crippen LogP contribution < -0.4 is 27.6 Å². The molecule has 2 heterocycles. The van der Waals surface area contributed by atoms with Crippen LogP contribution in [0.1, 0.15) is 42.1 Å². The molecular weight excluding hydrogens is 489 g/mol.